The fraction of sp³-hybridized carbons (Fsp3) is 0. The molecule has 11 aromatic rings. The first-order valence-corrected chi connectivity index (χ1v) is 17.2. The van der Waals surface area contributed by atoms with Crippen molar-refractivity contribution < 1.29 is 4.42 Å². The number of furan rings is 1. The second kappa shape index (κ2) is 9.42. The van der Waals surface area contributed by atoms with Gasteiger partial charge in [0.1, 0.15) is 11.2 Å². The van der Waals surface area contributed by atoms with Crippen LogP contribution in [0.3, 0.4) is 0 Å². The molecule has 0 saturated heterocycles. The Bertz CT molecular complexity index is 3030. The van der Waals surface area contributed by atoms with E-state index in [9.17, 15) is 0 Å². The Hall–Kier alpha value is -5.69. The highest BCUT2D eigenvalue weighted by atomic mass is 32.1. The molecule has 218 valence electrons. The second-order valence-corrected chi connectivity index (χ2v) is 14.1. The zero-order valence-corrected chi connectivity index (χ0v) is 26.3. The lowest BCUT2D eigenvalue weighted by molar-refractivity contribution is 0.670. The maximum atomic E-state index is 6.53. The van der Waals surface area contributed by atoms with Gasteiger partial charge in [-0.1, -0.05) is 91.0 Å². The Morgan fingerprint density at radius 3 is 2.04 bits per heavy atom. The molecular weight excluding hydrogens is 615 g/mol. The lowest BCUT2D eigenvalue weighted by atomic mass is 10.0. The minimum Gasteiger partial charge on any atom is -0.456 e. The highest BCUT2D eigenvalue weighted by Crippen LogP contribution is 2.51. The van der Waals surface area contributed by atoms with E-state index in [1.807, 2.05) is 40.9 Å². The molecule has 0 atom stereocenters. The van der Waals surface area contributed by atoms with Gasteiger partial charge in [-0.3, -0.25) is 0 Å². The summed E-state index contributed by atoms with van der Waals surface area (Å²) in [6.07, 6.45) is 0. The number of hydrogen-bond donors (Lipinski definition) is 0. The van der Waals surface area contributed by atoms with E-state index in [1.165, 1.54) is 56.5 Å². The van der Waals surface area contributed by atoms with Crippen LogP contribution in [0.1, 0.15) is 0 Å². The van der Waals surface area contributed by atoms with Gasteiger partial charge in [0.15, 0.2) is 17.5 Å². The van der Waals surface area contributed by atoms with Crippen molar-refractivity contribution in [2.24, 2.45) is 0 Å². The van der Waals surface area contributed by atoms with E-state index in [0.717, 1.165) is 33.2 Å². The number of aromatic nitrogens is 3. The minimum absolute atomic E-state index is 0.658. The average molecular weight is 636 g/mol. The number of thiophene rings is 1. The van der Waals surface area contributed by atoms with Crippen molar-refractivity contribution in [3.63, 3.8) is 0 Å². The second-order valence-electron chi connectivity index (χ2n) is 12.0. The number of hydrogen-bond acceptors (Lipinski definition) is 6. The monoisotopic (exact) mass is 635 g/mol. The number of nitrogens with zero attached hydrogens (tertiary/aromatic N) is 3. The molecule has 4 nitrogen and oxygen atoms in total. The largest absolute Gasteiger partial charge is 0.456 e. The first kappa shape index (κ1) is 25.5. The van der Waals surface area contributed by atoms with E-state index in [1.54, 1.807) is 0 Å². The maximum Gasteiger partial charge on any atom is 0.165 e. The number of benzene rings is 7. The molecule has 0 aliphatic carbocycles. The first-order valence-electron chi connectivity index (χ1n) is 15.5. The van der Waals surface area contributed by atoms with Crippen molar-refractivity contribution in [2.75, 3.05) is 0 Å². The summed E-state index contributed by atoms with van der Waals surface area (Å²) in [5, 5.41) is 9.62. The molecule has 0 spiro atoms. The predicted molar refractivity (Wildman–Crippen MR) is 198 cm³/mol. The Balaban J connectivity index is 1.28. The van der Waals surface area contributed by atoms with Crippen LogP contribution < -0.4 is 0 Å². The van der Waals surface area contributed by atoms with Crippen LogP contribution in [0.4, 0.5) is 0 Å². The molecule has 4 aromatic heterocycles. The molecular formula is C41H21N3OS2. The van der Waals surface area contributed by atoms with Gasteiger partial charge in [0.25, 0.3) is 0 Å². The smallest absolute Gasteiger partial charge is 0.165 e. The van der Waals surface area contributed by atoms with Crippen molar-refractivity contribution in [3.8, 4) is 34.2 Å². The molecule has 4 heterocycles. The normalized spacial score (nSPS) is 12.3. The first-order chi connectivity index (χ1) is 23.3. The van der Waals surface area contributed by atoms with E-state index < -0.39 is 0 Å². The van der Waals surface area contributed by atoms with Crippen LogP contribution in [0.5, 0.6) is 0 Å². The van der Waals surface area contributed by atoms with Crippen LogP contribution in [-0.4, -0.2) is 15.0 Å². The van der Waals surface area contributed by atoms with E-state index in [0.29, 0.717) is 17.5 Å². The average Bonchev–Trinajstić information content (AvgIpc) is 3.64. The molecule has 0 radical (unpaired) electrons. The summed E-state index contributed by atoms with van der Waals surface area (Å²) in [6, 6.07) is 44.6. The highest BCUT2D eigenvalue weighted by Gasteiger charge is 2.24. The maximum absolute atomic E-state index is 6.53. The molecule has 0 bridgehead atoms. The summed E-state index contributed by atoms with van der Waals surface area (Å²) in [5.74, 6) is 1.98. The van der Waals surface area contributed by atoms with Gasteiger partial charge in [-0.05, 0) is 57.9 Å². The number of fused-ring (bicyclic) bond motifs is 3. The molecule has 7 aromatic carbocycles. The Morgan fingerprint density at radius 2 is 1.15 bits per heavy atom. The fourth-order valence-electron chi connectivity index (χ4n) is 7.12. The van der Waals surface area contributed by atoms with E-state index in [2.05, 4.69) is 109 Å². The third-order valence-corrected chi connectivity index (χ3v) is 11.7. The van der Waals surface area contributed by atoms with Crippen molar-refractivity contribution in [2.45, 2.75) is 0 Å². The zero-order valence-electron chi connectivity index (χ0n) is 24.7. The SMILES string of the molecule is c1ccc(-c2nc(-c3ccc4ccccc4c3)nc(-c3ccc4sc5ccc6oc7cc8ccccc8c8sc3c4c5c6c78)n2)cc1. The number of rotatable bonds is 3. The standard InChI is InChI=1S/C41H21N3OS2/c1-2-9-23(10-3-1)39-42-40(26-15-14-22-8-4-5-11-24(22)20-26)44-41(43-39)28-16-18-32-36-35-31(46-32)19-17-29-33(35)34-30(45-29)21-25-12-6-7-13-27(25)37(34)47-38(28)36/h1-21H. The molecule has 0 amide bonds. The summed E-state index contributed by atoms with van der Waals surface area (Å²) in [5.41, 5.74) is 4.77. The van der Waals surface area contributed by atoms with Gasteiger partial charge in [0.05, 0.1) is 0 Å². The van der Waals surface area contributed by atoms with Gasteiger partial charge >= 0.3 is 0 Å². The minimum atomic E-state index is 0.658. The van der Waals surface area contributed by atoms with Crippen molar-refractivity contribution in [1.82, 2.24) is 15.0 Å². The summed E-state index contributed by atoms with van der Waals surface area (Å²) >= 11 is 3.65. The van der Waals surface area contributed by atoms with Gasteiger partial charge in [-0.2, -0.15) is 0 Å². The molecule has 0 fully saturated rings. The third-order valence-electron chi connectivity index (χ3n) is 9.27. The summed E-state index contributed by atoms with van der Waals surface area (Å²) in [4.78, 5) is 15.5. The molecule has 6 heteroatoms. The van der Waals surface area contributed by atoms with E-state index in [-0.39, 0.29) is 0 Å². The van der Waals surface area contributed by atoms with Crippen LogP contribution in [0.25, 0.3) is 107 Å². The zero-order chi connectivity index (χ0) is 30.6. The summed E-state index contributed by atoms with van der Waals surface area (Å²) in [6.45, 7) is 0. The van der Waals surface area contributed by atoms with Gasteiger partial charge < -0.3 is 4.42 Å². The predicted octanol–water partition coefficient (Wildman–Crippen LogP) is 12.1. The van der Waals surface area contributed by atoms with Crippen LogP contribution in [0.2, 0.25) is 0 Å². The Kier molecular flexibility index (Phi) is 5.11. The molecule has 11 rings (SSSR count). The molecule has 0 aliphatic heterocycles. The fourth-order valence-corrected chi connectivity index (χ4v) is 9.70. The van der Waals surface area contributed by atoms with Gasteiger partial charge in [-0.15, -0.1) is 22.7 Å². The third kappa shape index (κ3) is 3.65. The van der Waals surface area contributed by atoms with Crippen molar-refractivity contribution >= 4 is 95.7 Å². The van der Waals surface area contributed by atoms with Crippen LogP contribution in [0.15, 0.2) is 132 Å². The topological polar surface area (TPSA) is 51.8 Å². The molecule has 0 aliphatic rings. The van der Waals surface area contributed by atoms with Gasteiger partial charge in [0, 0.05) is 57.0 Å². The Morgan fingerprint density at radius 1 is 0.426 bits per heavy atom. The van der Waals surface area contributed by atoms with E-state index >= 15 is 0 Å². The van der Waals surface area contributed by atoms with Crippen molar-refractivity contribution in [3.05, 3.63) is 127 Å². The van der Waals surface area contributed by atoms with E-state index in [4.69, 9.17) is 19.4 Å². The molecule has 0 N–H and O–H groups in total. The molecule has 0 saturated carbocycles. The quantitative estimate of drug-likeness (QED) is 0.194. The van der Waals surface area contributed by atoms with Crippen LogP contribution >= 0.6 is 22.7 Å². The van der Waals surface area contributed by atoms with Crippen molar-refractivity contribution in [1.29, 1.82) is 0 Å². The highest BCUT2D eigenvalue weighted by molar-refractivity contribution is 7.29. The molecule has 47 heavy (non-hydrogen) atoms. The van der Waals surface area contributed by atoms with Crippen LogP contribution in [0, 0.1) is 0 Å². The Labute approximate surface area is 275 Å². The summed E-state index contributed by atoms with van der Waals surface area (Å²) in [7, 11) is 0. The lowest BCUT2D eigenvalue weighted by Crippen LogP contribution is -2.00. The lowest BCUT2D eigenvalue weighted by Gasteiger charge is -2.10. The summed E-state index contributed by atoms with van der Waals surface area (Å²) < 4.78 is 11.4. The van der Waals surface area contributed by atoms with Gasteiger partial charge in [0.2, 0.25) is 0 Å². The van der Waals surface area contributed by atoms with Crippen LogP contribution in [-0.2, 0) is 0 Å². The molecule has 0 unspecified atom stereocenters. The van der Waals surface area contributed by atoms with Gasteiger partial charge in [-0.25, -0.2) is 15.0 Å².